The Hall–Kier alpha value is -2.44. The van der Waals surface area contributed by atoms with Gasteiger partial charge >= 0.3 is 5.97 Å². The van der Waals surface area contributed by atoms with E-state index in [1.54, 1.807) is 6.92 Å². The molecule has 17 heavy (non-hydrogen) atoms. The summed E-state index contributed by atoms with van der Waals surface area (Å²) < 4.78 is 0. The van der Waals surface area contributed by atoms with Crippen molar-refractivity contribution >= 4 is 17.6 Å². The first-order valence-electron chi connectivity index (χ1n) is 4.76. The number of aromatic carboxylic acids is 1. The average Bonchev–Trinajstić information content (AvgIpc) is 2.28. The Labute approximate surface area is 96.2 Å². The van der Waals surface area contributed by atoms with Crippen LogP contribution in [0.5, 0.6) is 0 Å². The fraction of sp³-hybridized carbons (Fsp3) is 0.200. The van der Waals surface area contributed by atoms with E-state index in [0.717, 1.165) is 18.2 Å². The molecule has 0 radical (unpaired) electrons. The molecule has 0 saturated carbocycles. The molecule has 7 nitrogen and oxygen atoms in total. The maximum atomic E-state index is 11.5. The predicted molar refractivity (Wildman–Crippen MR) is 58.1 cm³/mol. The number of benzene rings is 1. The van der Waals surface area contributed by atoms with E-state index < -0.39 is 22.5 Å². The molecule has 0 atom stereocenters. The van der Waals surface area contributed by atoms with E-state index in [2.05, 4.69) is 5.32 Å². The van der Waals surface area contributed by atoms with Crippen molar-refractivity contribution in [3.05, 3.63) is 39.4 Å². The molecule has 0 unspecified atom stereocenters. The highest BCUT2D eigenvalue weighted by Gasteiger charge is 2.16. The van der Waals surface area contributed by atoms with Gasteiger partial charge in [-0.25, -0.2) is 4.79 Å². The number of hydrogen-bond donors (Lipinski definition) is 2. The second-order valence-corrected chi connectivity index (χ2v) is 3.19. The molecule has 7 heteroatoms. The number of nitro groups is 1. The molecule has 0 fully saturated rings. The van der Waals surface area contributed by atoms with Gasteiger partial charge in [0.2, 0.25) is 0 Å². The minimum atomic E-state index is -1.32. The van der Waals surface area contributed by atoms with Gasteiger partial charge in [-0.05, 0) is 13.0 Å². The molecular formula is C10H10N2O5. The first kappa shape index (κ1) is 12.6. The van der Waals surface area contributed by atoms with Gasteiger partial charge < -0.3 is 10.4 Å². The molecule has 2 N–H and O–H groups in total. The van der Waals surface area contributed by atoms with Gasteiger partial charge in [0, 0.05) is 24.2 Å². The summed E-state index contributed by atoms with van der Waals surface area (Å²) in [5, 5.41) is 21.8. The van der Waals surface area contributed by atoms with E-state index in [1.807, 2.05) is 0 Å². The van der Waals surface area contributed by atoms with Gasteiger partial charge in [0.1, 0.15) is 0 Å². The topological polar surface area (TPSA) is 110 Å². The Morgan fingerprint density at radius 2 is 1.94 bits per heavy atom. The van der Waals surface area contributed by atoms with Crippen LogP contribution >= 0.6 is 0 Å². The second kappa shape index (κ2) is 5.06. The Morgan fingerprint density at radius 3 is 2.41 bits per heavy atom. The molecule has 0 aromatic heterocycles. The van der Waals surface area contributed by atoms with Crippen LogP contribution in [0, 0.1) is 10.1 Å². The Balaban J connectivity index is 3.26. The highest BCUT2D eigenvalue weighted by molar-refractivity contribution is 5.98. The summed E-state index contributed by atoms with van der Waals surface area (Å²) in [6.45, 7) is 2.04. The second-order valence-electron chi connectivity index (χ2n) is 3.19. The van der Waals surface area contributed by atoms with Crippen LogP contribution in [0.25, 0.3) is 0 Å². The summed E-state index contributed by atoms with van der Waals surface area (Å²) in [6, 6.07) is 3.04. The van der Waals surface area contributed by atoms with Crippen molar-refractivity contribution in [2.24, 2.45) is 0 Å². The summed E-state index contributed by atoms with van der Waals surface area (Å²) in [6.07, 6.45) is 0. The van der Waals surface area contributed by atoms with E-state index in [1.165, 1.54) is 0 Å². The van der Waals surface area contributed by atoms with Gasteiger partial charge in [-0.3, -0.25) is 14.9 Å². The minimum Gasteiger partial charge on any atom is -0.478 e. The van der Waals surface area contributed by atoms with Crippen molar-refractivity contribution in [3.63, 3.8) is 0 Å². The standard InChI is InChI=1S/C10H10N2O5/c1-2-11-9(13)6-3-7(10(14)15)5-8(4-6)12(16)17/h3-5H,2H2,1H3,(H,11,13)(H,14,15). The number of carbonyl (C=O) groups excluding carboxylic acids is 1. The number of carboxylic acids is 1. The lowest BCUT2D eigenvalue weighted by Crippen LogP contribution is -2.23. The minimum absolute atomic E-state index is 0.0431. The van der Waals surface area contributed by atoms with Gasteiger partial charge in [-0.1, -0.05) is 0 Å². The van der Waals surface area contributed by atoms with E-state index in [9.17, 15) is 19.7 Å². The number of nitrogens with zero attached hydrogens (tertiary/aromatic N) is 1. The highest BCUT2D eigenvalue weighted by Crippen LogP contribution is 2.17. The van der Waals surface area contributed by atoms with Crippen LogP contribution in [0.1, 0.15) is 27.6 Å². The van der Waals surface area contributed by atoms with Crippen molar-refractivity contribution in [2.45, 2.75) is 6.92 Å². The predicted octanol–water partition coefficient (Wildman–Crippen LogP) is 1.04. The first-order chi connectivity index (χ1) is 7.95. The quantitative estimate of drug-likeness (QED) is 0.601. The molecule has 0 heterocycles. The lowest BCUT2D eigenvalue weighted by molar-refractivity contribution is -0.384. The molecule has 0 bridgehead atoms. The maximum Gasteiger partial charge on any atom is 0.335 e. The number of non-ortho nitro benzene ring substituents is 1. The summed E-state index contributed by atoms with van der Waals surface area (Å²) in [5.74, 6) is -1.86. The van der Waals surface area contributed by atoms with Crippen LogP contribution in [-0.4, -0.2) is 28.5 Å². The molecule has 0 aliphatic rings. The average molecular weight is 238 g/mol. The van der Waals surface area contributed by atoms with E-state index in [0.29, 0.717) is 6.54 Å². The number of carboxylic acid groups (broad SMARTS) is 1. The molecule has 0 aliphatic heterocycles. The fourth-order valence-electron chi connectivity index (χ4n) is 1.23. The van der Waals surface area contributed by atoms with Crippen molar-refractivity contribution in [2.75, 3.05) is 6.54 Å². The van der Waals surface area contributed by atoms with Crippen LogP contribution in [0.4, 0.5) is 5.69 Å². The zero-order valence-corrected chi connectivity index (χ0v) is 8.97. The molecule has 1 amide bonds. The van der Waals surface area contributed by atoms with Crippen molar-refractivity contribution in [1.82, 2.24) is 5.32 Å². The Kier molecular flexibility index (Phi) is 3.76. The van der Waals surface area contributed by atoms with Crippen molar-refractivity contribution in [1.29, 1.82) is 0 Å². The van der Waals surface area contributed by atoms with Crippen LogP contribution in [0.3, 0.4) is 0 Å². The number of nitro benzene ring substituents is 1. The number of amides is 1. The molecule has 0 spiro atoms. The van der Waals surface area contributed by atoms with Crippen LogP contribution in [0.15, 0.2) is 18.2 Å². The van der Waals surface area contributed by atoms with Gasteiger partial charge in [0.15, 0.2) is 0 Å². The van der Waals surface area contributed by atoms with Crippen molar-refractivity contribution < 1.29 is 19.6 Å². The Morgan fingerprint density at radius 1 is 1.35 bits per heavy atom. The number of nitrogens with one attached hydrogen (secondary N) is 1. The molecule has 1 aromatic rings. The molecule has 90 valence electrons. The summed E-state index contributed by atoms with van der Waals surface area (Å²) in [7, 11) is 0. The number of carbonyl (C=O) groups is 2. The molecular weight excluding hydrogens is 228 g/mol. The molecule has 1 aromatic carbocycles. The molecule has 0 saturated heterocycles. The van der Waals surface area contributed by atoms with Crippen molar-refractivity contribution in [3.8, 4) is 0 Å². The fourth-order valence-corrected chi connectivity index (χ4v) is 1.23. The molecule has 0 aliphatic carbocycles. The maximum absolute atomic E-state index is 11.5. The van der Waals surface area contributed by atoms with Gasteiger partial charge in [0.25, 0.3) is 11.6 Å². The largest absolute Gasteiger partial charge is 0.478 e. The third-order valence-electron chi connectivity index (χ3n) is 1.98. The third-order valence-corrected chi connectivity index (χ3v) is 1.98. The number of hydrogen-bond acceptors (Lipinski definition) is 4. The molecule has 1 rings (SSSR count). The van der Waals surface area contributed by atoms with E-state index in [-0.39, 0.29) is 11.1 Å². The smallest absolute Gasteiger partial charge is 0.335 e. The van der Waals surface area contributed by atoms with Crippen LogP contribution in [-0.2, 0) is 0 Å². The van der Waals surface area contributed by atoms with E-state index >= 15 is 0 Å². The van der Waals surface area contributed by atoms with Crippen LogP contribution < -0.4 is 5.32 Å². The normalized spacial score (nSPS) is 9.71. The lowest BCUT2D eigenvalue weighted by Gasteiger charge is -2.03. The lowest BCUT2D eigenvalue weighted by atomic mass is 10.1. The van der Waals surface area contributed by atoms with Gasteiger partial charge in [-0.2, -0.15) is 0 Å². The first-order valence-corrected chi connectivity index (χ1v) is 4.76. The zero-order valence-electron chi connectivity index (χ0n) is 8.97. The Bertz CT molecular complexity index is 451. The summed E-state index contributed by atoms with van der Waals surface area (Å²) in [4.78, 5) is 32.1. The van der Waals surface area contributed by atoms with Gasteiger partial charge in [0.05, 0.1) is 10.5 Å². The monoisotopic (exact) mass is 238 g/mol. The summed E-state index contributed by atoms with van der Waals surface area (Å²) >= 11 is 0. The summed E-state index contributed by atoms with van der Waals surface area (Å²) in [5.41, 5.74) is -0.759. The third kappa shape index (κ3) is 3.00. The zero-order chi connectivity index (χ0) is 13.0. The van der Waals surface area contributed by atoms with E-state index in [4.69, 9.17) is 5.11 Å². The highest BCUT2D eigenvalue weighted by atomic mass is 16.6. The number of rotatable bonds is 4. The van der Waals surface area contributed by atoms with Gasteiger partial charge in [-0.15, -0.1) is 0 Å². The SMILES string of the molecule is CCNC(=O)c1cc(C(=O)O)cc([N+](=O)[O-])c1. The van der Waals surface area contributed by atoms with Crippen LogP contribution in [0.2, 0.25) is 0 Å².